The van der Waals surface area contributed by atoms with E-state index in [0.29, 0.717) is 6.61 Å². The van der Waals surface area contributed by atoms with Crippen LogP contribution in [0.15, 0.2) is 71.6 Å². The van der Waals surface area contributed by atoms with E-state index in [1.54, 1.807) is 12.5 Å². The average Bonchev–Trinajstić information content (AvgIpc) is 3.44. The molecule has 0 N–H and O–H groups in total. The standard InChI is InChI=1S/C26H24N2O3/c29-26(28-19-6-5-7-20(28)13-17(12-19)18-14-27-31-15-18)30-16-25-23-10-3-1-8-21(23)22-9-2-4-11-24(22)25/h1-4,8-12,14-15,19-20,25H,5-7,13,16H2. The van der Waals surface area contributed by atoms with Crippen molar-refractivity contribution in [2.45, 2.75) is 43.7 Å². The van der Waals surface area contributed by atoms with Crippen molar-refractivity contribution >= 4 is 11.7 Å². The molecule has 2 aromatic carbocycles. The molecular weight excluding hydrogens is 388 g/mol. The Morgan fingerprint density at radius 2 is 1.81 bits per heavy atom. The summed E-state index contributed by atoms with van der Waals surface area (Å²) < 4.78 is 11.0. The summed E-state index contributed by atoms with van der Waals surface area (Å²) in [5.74, 6) is 0.0871. The molecule has 5 nitrogen and oxygen atoms in total. The first kappa shape index (κ1) is 18.4. The van der Waals surface area contributed by atoms with Gasteiger partial charge >= 0.3 is 6.09 Å². The molecule has 2 bridgehead atoms. The van der Waals surface area contributed by atoms with Gasteiger partial charge in [0.2, 0.25) is 0 Å². The van der Waals surface area contributed by atoms with Crippen LogP contribution >= 0.6 is 0 Å². The van der Waals surface area contributed by atoms with Crippen LogP contribution in [0.1, 0.15) is 48.3 Å². The molecular formula is C26H24N2O3. The number of aromatic nitrogens is 1. The third kappa shape index (κ3) is 3.07. The van der Waals surface area contributed by atoms with Gasteiger partial charge in [0.25, 0.3) is 0 Å². The molecule has 2 atom stereocenters. The van der Waals surface area contributed by atoms with E-state index < -0.39 is 0 Å². The second kappa shape index (κ2) is 7.41. The summed E-state index contributed by atoms with van der Waals surface area (Å²) in [5, 5.41) is 3.83. The van der Waals surface area contributed by atoms with E-state index in [0.717, 1.165) is 31.2 Å². The smallest absolute Gasteiger partial charge is 0.410 e. The summed E-state index contributed by atoms with van der Waals surface area (Å²) in [6, 6.07) is 17.1. The van der Waals surface area contributed by atoms with E-state index in [1.165, 1.54) is 27.8 Å². The van der Waals surface area contributed by atoms with Crippen LogP contribution < -0.4 is 0 Å². The number of rotatable bonds is 3. The zero-order valence-electron chi connectivity index (χ0n) is 17.2. The Hall–Kier alpha value is -3.34. The van der Waals surface area contributed by atoms with E-state index in [4.69, 9.17) is 9.26 Å². The largest absolute Gasteiger partial charge is 0.448 e. The Morgan fingerprint density at radius 3 is 2.48 bits per heavy atom. The molecule has 1 fully saturated rings. The maximum absolute atomic E-state index is 13.2. The molecule has 0 radical (unpaired) electrons. The molecule has 3 aromatic rings. The quantitative estimate of drug-likeness (QED) is 0.559. The predicted octanol–water partition coefficient (Wildman–Crippen LogP) is 5.63. The lowest BCUT2D eigenvalue weighted by atomic mass is 9.84. The fraction of sp³-hybridized carbons (Fsp3) is 0.308. The van der Waals surface area contributed by atoms with Crippen molar-refractivity contribution in [3.05, 3.63) is 83.8 Å². The highest BCUT2D eigenvalue weighted by Crippen LogP contribution is 2.45. The topological polar surface area (TPSA) is 55.6 Å². The van der Waals surface area contributed by atoms with E-state index in [2.05, 4.69) is 59.8 Å². The van der Waals surface area contributed by atoms with E-state index >= 15 is 0 Å². The van der Waals surface area contributed by atoms with Crippen LogP contribution in [0.4, 0.5) is 4.79 Å². The fourth-order valence-corrected chi connectivity index (χ4v) is 5.56. The summed E-state index contributed by atoms with van der Waals surface area (Å²) >= 11 is 0. The third-order valence-electron chi connectivity index (χ3n) is 6.99. The molecule has 1 aromatic heterocycles. The summed E-state index contributed by atoms with van der Waals surface area (Å²) in [6.07, 6.45) is 9.37. The molecule has 2 aliphatic heterocycles. The van der Waals surface area contributed by atoms with Crippen molar-refractivity contribution in [1.82, 2.24) is 10.1 Å². The molecule has 0 saturated carbocycles. The predicted molar refractivity (Wildman–Crippen MR) is 117 cm³/mol. The van der Waals surface area contributed by atoms with Gasteiger partial charge in [0.1, 0.15) is 12.9 Å². The number of nitrogens with zero attached hydrogens (tertiary/aromatic N) is 2. The number of hydrogen-bond acceptors (Lipinski definition) is 4. The highest BCUT2D eigenvalue weighted by molar-refractivity contribution is 5.79. The average molecular weight is 412 g/mol. The molecule has 1 aliphatic carbocycles. The van der Waals surface area contributed by atoms with E-state index in [1.807, 2.05) is 4.90 Å². The summed E-state index contributed by atoms with van der Waals surface area (Å²) in [7, 11) is 0. The normalized spacial score (nSPS) is 21.9. The van der Waals surface area contributed by atoms with Gasteiger partial charge in [-0.15, -0.1) is 0 Å². The minimum absolute atomic E-state index is 0.0769. The number of piperidine rings is 1. The summed E-state index contributed by atoms with van der Waals surface area (Å²) in [6.45, 7) is 0.366. The van der Waals surface area contributed by atoms with Crippen molar-refractivity contribution in [2.24, 2.45) is 0 Å². The Morgan fingerprint density at radius 1 is 1.06 bits per heavy atom. The number of benzene rings is 2. The van der Waals surface area contributed by atoms with Crippen LogP contribution in [-0.4, -0.2) is 34.8 Å². The number of amides is 1. The van der Waals surface area contributed by atoms with Gasteiger partial charge in [-0.25, -0.2) is 4.79 Å². The first-order valence-corrected chi connectivity index (χ1v) is 11.0. The maximum Gasteiger partial charge on any atom is 0.410 e. The van der Waals surface area contributed by atoms with Crippen LogP contribution in [0.5, 0.6) is 0 Å². The highest BCUT2D eigenvalue weighted by Gasteiger charge is 2.39. The van der Waals surface area contributed by atoms with Gasteiger partial charge in [0.05, 0.1) is 12.2 Å². The van der Waals surface area contributed by atoms with Crippen molar-refractivity contribution < 1.29 is 14.1 Å². The molecule has 3 heterocycles. The Kier molecular flexibility index (Phi) is 4.41. The molecule has 0 spiro atoms. The zero-order valence-corrected chi connectivity index (χ0v) is 17.2. The fourth-order valence-electron chi connectivity index (χ4n) is 5.56. The second-order valence-electron chi connectivity index (χ2n) is 8.67. The molecule has 1 saturated heterocycles. The lowest BCUT2D eigenvalue weighted by Crippen LogP contribution is -2.51. The van der Waals surface area contributed by atoms with Crippen LogP contribution in [0.25, 0.3) is 16.7 Å². The first-order valence-electron chi connectivity index (χ1n) is 11.0. The van der Waals surface area contributed by atoms with E-state index in [9.17, 15) is 4.79 Å². The molecule has 6 rings (SSSR count). The Labute approximate surface area is 181 Å². The van der Waals surface area contributed by atoms with Crippen LogP contribution in [-0.2, 0) is 4.74 Å². The van der Waals surface area contributed by atoms with Crippen LogP contribution in [0.3, 0.4) is 0 Å². The number of hydrogen-bond donors (Lipinski definition) is 0. The van der Waals surface area contributed by atoms with Gasteiger partial charge in [-0.2, -0.15) is 0 Å². The van der Waals surface area contributed by atoms with Crippen LogP contribution in [0, 0.1) is 0 Å². The van der Waals surface area contributed by atoms with Gasteiger partial charge in [-0.1, -0.05) is 59.8 Å². The monoisotopic (exact) mass is 412 g/mol. The zero-order chi connectivity index (χ0) is 20.8. The van der Waals surface area contributed by atoms with E-state index in [-0.39, 0.29) is 24.1 Å². The van der Waals surface area contributed by atoms with Gasteiger partial charge in [-0.05, 0) is 53.5 Å². The maximum atomic E-state index is 13.2. The second-order valence-corrected chi connectivity index (χ2v) is 8.67. The summed E-state index contributed by atoms with van der Waals surface area (Å²) in [5.41, 5.74) is 7.21. The third-order valence-corrected chi connectivity index (χ3v) is 6.99. The SMILES string of the molecule is O=C(OCC1c2ccccc2-c2ccccc21)N1C2C=C(c3cnoc3)CC1CCC2. The molecule has 1 amide bonds. The molecule has 156 valence electrons. The number of carbonyl (C=O) groups is 1. The Bertz CT molecular complexity index is 1110. The highest BCUT2D eigenvalue weighted by atomic mass is 16.6. The molecule has 3 aliphatic rings. The van der Waals surface area contributed by atoms with Crippen molar-refractivity contribution in [2.75, 3.05) is 6.61 Å². The van der Waals surface area contributed by atoms with Gasteiger partial charge in [-0.3, -0.25) is 4.90 Å². The molecule has 5 heteroatoms. The Balaban J connectivity index is 1.22. The van der Waals surface area contributed by atoms with Crippen molar-refractivity contribution in [1.29, 1.82) is 0 Å². The van der Waals surface area contributed by atoms with Gasteiger partial charge in [0, 0.05) is 17.5 Å². The molecule has 2 unspecified atom stereocenters. The first-order chi connectivity index (χ1) is 15.3. The lowest BCUT2D eigenvalue weighted by Gasteiger charge is -2.44. The van der Waals surface area contributed by atoms with Gasteiger partial charge in [0.15, 0.2) is 0 Å². The van der Waals surface area contributed by atoms with Crippen molar-refractivity contribution in [3.8, 4) is 11.1 Å². The lowest BCUT2D eigenvalue weighted by molar-refractivity contribution is 0.0539. The van der Waals surface area contributed by atoms with Crippen molar-refractivity contribution in [3.63, 3.8) is 0 Å². The number of ether oxygens (including phenoxy) is 1. The van der Waals surface area contributed by atoms with Gasteiger partial charge < -0.3 is 9.26 Å². The number of fused-ring (bicyclic) bond motifs is 5. The molecule has 31 heavy (non-hydrogen) atoms. The minimum Gasteiger partial charge on any atom is -0.448 e. The van der Waals surface area contributed by atoms with Crippen LogP contribution in [0.2, 0.25) is 0 Å². The summed E-state index contributed by atoms with van der Waals surface area (Å²) in [4.78, 5) is 15.2. The minimum atomic E-state index is -0.197. The number of carbonyl (C=O) groups excluding carboxylic acids is 1.